The summed E-state index contributed by atoms with van der Waals surface area (Å²) in [6.07, 6.45) is 0.337. The Balaban J connectivity index is 3.12. The quantitative estimate of drug-likeness (QED) is 0.407. The molecule has 10 heavy (non-hydrogen) atoms. The number of carbonyl (C=O) groups is 1. The Bertz CT molecular complexity index is 243. The lowest BCUT2D eigenvalue weighted by Gasteiger charge is -1.86. The molecule has 1 rings (SSSR count). The Hall–Kier alpha value is -1.43. The van der Waals surface area contributed by atoms with E-state index in [2.05, 4.69) is 9.79 Å². The fraction of sp³-hybridized carbons (Fsp3) is 0.250. The topological polar surface area (TPSA) is 90.3 Å². The summed E-state index contributed by atoms with van der Waals surface area (Å²) in [6, 6.07) is 0. The normalized spacial score (nSPS) is 9.70. The first-order chi connectivity index (χ1) is 4.79. The van der Waals surface area contributed by atoms with Gasteiger partial charge in [0.2, 0.25) is 12.0 Å². The molecule has 0 unspecified atom stereocenters. The van der Waals surface area contributed by atoms with Crippen molar-refractivity contribution in [2.45, 2.75) is 6.61 Å². The van der Waals surface area contributed by atoms with Gasteiger partial charge in [0.25, 0.3) is 5.69 Å². The van der Waals surface area contributed by atoms with Gasteiger partial charge in [0.1, 0.15) is 6.61 Å². The highest BCUT2D eigenvalue weighted by atomic mass is 16.8. The molecule has 1 aromatic rings. The van der Waals surface area contributed by atoms with E-state index in [1.165, 1.54) is 0 Å². The van der Waals surface area contributed by atoms with Crippen LogP contribution >= 0.6 is 0 Å². The van der Waals surface area contributed by atoms with Gasteiger partial charge < -0.3 is 10.3 Å². The summed E-state index contributed by atoms with van der Waals surface area (Å²) < 4.78 is 4.00. The van der Waals surface area contributed by atoms with Crippen LogP contribution in [0.1, 0.15) is 16.2 Å². The standard InChI is InChI=1S/C4H4N2O4/c7-1-3-4(2-8)6(9)10-5-3/h1,8H,2H2. The fourth-order valence-electron chi connectivity index (χ4n) is 0.505. The van der Waals surface area contributed by atoms with Gasteiger partial charge in [0.15, 0.2) is 0 Å². The van der Waals surface area contributed by atoms with E-state index >= 15 is 0 Å². The Labute approximate surface area is 55.2 Å². The predicted molar refractivity (Wildman–Crippen MR) is 26.8 cm³/mol. The van der Waals surface area contributed by atoms with Crippen molar-refractivity contribution >= 4 is 6.29 Å². The number of aliphatic hydroxyl groups is 1. The van der Waals surface area contributed by atoms with Crippen LogP contribution in [-0.4, -0.2) is 16.5 Å². The van der Waals surface area contributed by atoms with Crippen molar-refractivity contribution in [3.63, 3.8) is 0 Å². The van der Waals surface area contributed by atoms with E-state index in [0.717, 1.165) is 0 Å². The number of nitrogens with zero attached hydrogens (tertiary/aromatic N) is 2. The first kappa shape index (κ1) is 6.69. The second kappa shape index (κ2) is 2.44. The number of aliphatic hydroxyl groups excluding tert-OH is 1. The molecule has 0 radical (unpaired) electrons. The van der Waals surface area contributed by atoms with Crippen LogP contribution in [0.4, 0.5) is 0 Å². The summed E-state index contributed by atoms with van der Waals surface area (Å²) in [6.45, 7) is -0.554. The maximum absolute atomic E-state index is 10.4. The predicted octanol–water partition coefficient (Wildman–Crippen LogP) is -1.39. The van der Waals surface area contributed by atoms with Crippen molar-refractivity contribution in [1.82, 2.24) is 5.16 Å². The van der Waals surface area contributed by atoms with Gasteiger partial charge in [-0.15, -0.1) is 0 Å². The van der Waals surface area contributed by atoms with Gasteiger partial charge in [-0.3, -0.25) is 9.42 Å². The van der Waals surface area contributed by atoms with Gasteiger partial charge in [-0.1, -0.05) is 0 Å². The SMILES string of the molecule is O=Cc1no[n+]([O-])c1CO. The highest BCUT2D eigenvalue weighted by molar-refractivity contribution is 5.72. The smallest absolute Gasteiger partial charge is 0.286 e. The molecule has 1 heterocycles. The molecule has 0 spiro atoms. The second-order valence-corrected chi connectivity index (χ2v) is 1.54. The zero-order valence-electron chi connectivity index (χ0n) is 4.85. The van der Waals surface area contributed by atoms with E-state index in [4.69, 9.17) is 5.11 Å². The lowest BCUT2D eigenvalue weighted by atomic mass is 10.4. The Morgan fingerprint density at radius 3 is 3.00 bits per heavy atom. The first-order valence-corrected chi connectivity index (χ1v) is 2.44. The Kier molecular flexibility index (Phi) is 1.63. The fourth-order valence-corrected chi connectivity index (χ4v) is 0.505. The average molecular weight is 144 g/mol. The molecule has 0 saturated carbocycles. The van der Waals surface area contributed by atoms with E-state index < -0.39 is 6.61 Å². The molecule has 0 aliphatic heterocycles. The lowest BCUT2D eigenvalue weighted by Crippen LogP contribution is -2.28. The Morgan fingerprint density at radius 2 is 2.60 bits per heavy atom. The summed E-state index contributed by atoms with van der Waals surface area (Å²) in [5.41, 5.74) is -0.340. The number of aromatic nitrogens is 2. The van der Waals surface area contributed by atoms with E-state index in [0.29, 0.717) is 6.29 Å². The summed E-state index contributed by atoms with van der Waals surface area (Å²) in [5.74, 6) is 0. The van der Waals surface area contributed by atoms with Crippen LogP contribution in [0, 0.1) is 5.21 Å². The molecule has 54 valence electrons. The van der Waals surface area contributed by atoms with Crippen molar-refractivity contribution in [2.75, 3.05) is 0 Å². The maximum atomic E-state index is 10.4. The van der Waals surface area contributed by atoms with Crippen LogP contribution in [0.5, 0.6) is 0 Å². The molecule has 0 saturated heterocycles. The molecule has 0 aromatic carbocycles. The molecule has 0 fully saturated rings. The minimum atomic E-state index is -0.554. The maximum Gasteiger partial charge on any atom is 0.286 e. The van der Waals surface area contributed by atoms with Gasteiger partial charge in [-0.2, -0.15) is 0 Å². The number of hydrogen-bond donors (Lipinski definition) is 1. The number of aldehydes is 1. The average Bonchev–Trinajstić information content (AvgIpc) is 2.30. The Morgan fingerprint density at radius 1 is 1.90 bits per heavy atom. The van der Waals surface area contributed by atoms with Crippen molar-refractivity contribution in [3.8, 4) is 0 Å². The molecule has 0 aliphatic rings. The third-order valence-corrected chi connectivity index (χ3v) is 0.991. The molecule has 1 N–H and O–H groups in total. The number of carbonyl (C=O) groups excluding carboxylic acids is 1. The van der Waals surface area contributed by atoms with Crippen LogP contribution in [0.3, 0.4) is 0 Å². The zero-order valence-corrected chi connectivity index (χ0v) is 4.85. The molecule has 0 atom stereocenters. The molecule has 0 bridgehead atoms. The first-order valence-electron chi connectivity index (χ1n) is 2.44. The van der Waals surface area contributed by atoms with Crippen molar-refractivity contribution in [2.24, 2.45) is 0 Å². The minimum absolute atomic E-state index is 0.0102. The monoisotopic (exact) mass is 144 g/mol. The molecule has 6 heteroatoms. The molecule has 1 aromatic heterocycles. The van der Waals surface area contributed by atoms with E-state index in [1.54, 1.807) is 0 Å². The molecule has 6 nitrogen and oxygen atoms in total. The van der Waals surface area contributed by atoms with E-state index in [-0.39, 0.29) is 16.3 Å². The van der Waals surface area contributed by atoms with Crippen LogP contribution < -0.4 is 4.90 Å². The minimum Gasteiger partial charge on any atom is -0.388 e. The van der Waals surface area contributed by atoms with E-state index in [9.17, 15) is 10.0 Å². The lowest BCUT2D eigenvalue weighted by molar-refractivity contribution is -0.809. The van der Waals surface area contributed by atoms with Crippen molar-refractivity contribution < 1.29 is 19.4 Å². The zero-order chi connectivity index (χ0) is 7.56. The summed E-state index contributed by atoms with van der Waals surface area (Å²) in [7, 11) is 0. The van der Waals surface area contributed by atoms with Gasteiger partial charge >= 0.3 is 0 Å². The van der Waals surface area contributed by atoms with Crippen LogP contribution in [0.15, 0.2) is 4.63 Å². The molecular formula is C4H4N2O4. The van der Waals surface area contributed by atoms with Gasteiger partial charge in [0, 0.05) is 5.16 Å². The number of rotatable bonds is 2. The summed E-state index contributed by atoms with van der Waals surface area (Å²) in [5, 5.41) is 21.9. The summed E-state index contributed by atoms with van der Waals surface area (Å²) in [4.78, 5) is 10.0. The van der Waals surface area contributed by atoms with Crippen molar-refractivity contribution in [1.29, 1.82) is 0 Å². The highest BCUT2D eigenvalue weighted by Gasteiger charge is 2.15. The third-order valence-electron chi connectivity index (χ3n) is 0.991. The third kappa shape index (κ3) is 0.841. The van der Waals surface area contributed by atoms with Crippen LogP contribution in [0.2, 0.25) is 0 Å². The second-order valence-electron chi connectivity index (χ2n) is 1.54. The van der Waals surface area contributed by atoms with Crippen LogP contribution in [-0.2, 0) is 6.61 Å². The largest absolute Gasteiger partial charge is 0.388 e. The van der Waals surface area contributed by atoms with Gasteiger partial charge in [-0.25, -0.2) is 0 Å². The van der Waals surface area contributed by atoms with Gasteiger partial charge in [0.05, 0.1) is 0 Å². The summed E-state index contributed by atoms with van der Waals surface area (Å²) >= 11 is 0. The molecular weight excluding hydrogens is 140 g/mol. The van der Waals surface area contributed by atoms with E-state index in [1.807, 2.05) is 0 Å². The highest BCUT2D eigenvalue weighted by Crippen LogP contribution is 1.94. The molecule has 0 aliphatic carbocycles. The van der Waals surface area contributed by atoms with Gasteiger partial charge in [-0.05, 0) is 4.90 Å². The molecule has 0 amide bonds. The van der Waals surface area contributed by atoms with Crippen LogP contribution in [0.25, 0.3) is 0 Å². The van der Waals surface area contributed by atoms with Crippen molar-refractivity contribution in [3.05, 3.63) is 16.6 Å². The number of hydrogen-bond acceptors (Lipinski definition) is 5.